The Kier molecular flexibility index (Phi) is 3.31. The van der Waals surface area contributed by atoms with E-state index in [1.165, 1.54) is 0 Å². The number of nitrogens with zero attached hydrogens (tertiary/aromatic N) is 2. The number of hydrogen-bond acceptors (Lipinski definition) is 3. The molecule has 0 spiro atoms. The summed E-state index contributed by atoms with van der Waals surface area (Å²) < 4.78 is 14.6. The number of nitrogens with one attached hydrogen (secondary N) is 1. The van der Waals surface area contributed by atoms with Crippen LogP contribution in [-0.2, 0) is 4.79 Å². The molecule has 1 amide bonds. The smallest absolute Gasteiger partial charge is 0.281 e. The van der Waals surface area contributed by atoms with Gasteiger partial charge in [0.05, 0.1) is 11.4 Å². The van der Waals surface area contributed by atoms with Crippen molar-refractivity contribution in [3.05, 3.63) is 58.3 Å². The number of alkyl halides is 1. The van der Waals surface area contributed by atoms with E-state index in [9.17, 15) is 9.18 Å². The largest absolute Gasteiger partial charge is 0.321 e. The average molecular weight is 334 g/mol. The highest BCUT2D eigenvalue weighted by molar-refractivity contribution is 9.10. The maximum Gasteiger partial charge on any atom is 0.281 e. The number of carbonyl (C=O) groups is 1. The Morgan fingerprint density at radius 2 is 1.95 bits per heavy atom. The number of rotatable bonds is 1. The summed E-state index contributed by atoms with van der Waals surface area (Å²) in [7, 11) is 0. The fraction of sp³-hybridized carbons (Fsp3) is 0.0714. The van der Waals surface area contributed by atoms with E-state index < -0.39 is 12.2 Å². The molecule has 0 bridgehead atoms. The molecule has 0 aliphatic carbocycles. The van der Waals surface area contributed by atoms with Gasteiger partial charge in [0.15, 0.2) is 0 Å². The average Bonchev–Trinajstić information content (AvgIpc) is 2.58. The number of amides is 1. The summed E-state index contributed by atoms with van der Waals surface area (Å²) in [4.78, 5) is 19.5. The van der Waals surface area contributed by atoms with Crippen molar-refractivity contribution in [3.63, 3.8) is 0 Å². The molecule has 1 aliphatic heterocycles. The normalized spacial score (nSPS) is 17.8. The lowest BCUT2D eigenvalue weighted by Gasteiger charge is -2.10. The Bertz CT molecular complexity index is 703. The Morgan fingerprint density at radius 1 is 1.20 bits per heavy atom. The third-order valence-corrected chi connectivity index (χ3v) is 3.40. The van der Waals surface area contributed by atoms with E-state index in [1.807, 2.05) is 0 Å². The van der Waals surface area contributed by atoms with Crippen LogP contribution < -0.4 is 5.32 Å². The summed E-state index contributed by atoms with van der Waals surface area (Å²) in [5.41, 5.74) is 2.33. The van der Waals surface area contributed by atoms with Gasteiger partial charge in [0.1, 0.15) is 0 Å². The topological polar surface area (TPSA) is 54.4 Å². The van der Waals surface area contributed by atoms with E-state index in [2.05, 4.69) is 31.2 Å². The van der Waals surface area contributed by atoms with E-state index in [-0.39, 0.29) is 0 Å². The lowest BCUT2D eigenvalue weighted by atomic mass is 10.0. The van der Waals surface area contributed by atoms with Gasteiger partial charge < -0.3 is 5.32 Å². The Labute approximate surface area is 122 Å². The van der Waals surface area contributed by atoms with Gasteiger partial charge in [0, 0.05) is 28.0 Å². The Hall–Kier alpha value is -2.08. The number of halogens is 2. The maximum absolute atomic E-state index is 13.8. The standard InChI is InChI=1S/C14H9BrFN3O/c15-9-1-2-11-10(7-9)12(8-3-5-17-6-4-8)19-13(16)14(20)18-11/h1-7,13H,(H,18,20). The van der Waals surface area contributed by atoms with Crippen molar-refractivity contribution in [1.82, 2.24) is 4.98 Å². The van der Waals surface area contributed by atoms with Crippen LogP contribution in [0, 0.1) is 0 Å². The maximum atomic E-state index is 13.8. The first-order valence-corrected chi connectivity index (χ1v) is 6.67. The lowest BCUT2D eigenvalue weighted by Crippen LogP contribution is -2.21. The molecule has 6 heteroatoms. The molecular formula is C14H9BrFN3O. The minimum absolute atomic E-state index is 0.426. The van der Waals surface area contributed by atoms with Gasteiger partial charge in [-0.15, -0.1) is 0 Å². The second-order valence-corrected chi connectivity index (χ2v) is 5.14. The van der Waals surface area contributed by atoms with Crippen molar-refractivity contribution < 1.29 is 9.18 Å². The van der Waals surface area contributed by atoms with Crippen LogP contribution in [-0.4, -0.2) is 22.9 Å². The zero-order chi connectivity index (χ0) is 14.1. The zero-order valence-electron chi connectivity index (χ0n) is 10.2. The molecule has 2 aromatic rings. The summed E-state index contributed by atoms with van der Waals surface area (Å²) in [6.45, 7) is 0. The molecule has 20 heavy (non-hydrogen) atoms. The van der Waals surface area contributed by atoms with Crippen molar-refractivity contribution in [2.24, 2.45) is 4.99 Å². The van der Waals surface area contributed by atoms with Crippen LogP contribution in [0.15, 0.2) is 52.2 Å². The van der Waals surface area contributed by atoms with Crippen LogP contribution in [0.4, 0.5) is 10.1 Å². The predicted octanol–water partition coefficient (Wildman–Crippen LogP) is 2.93. The molecule has 4 nitrogen and oxygen atoms in total. The highest BCUT2D eigenvalue weighted by Crippen LogP contribution is 2.27. The van der Waals surface area contributed by atoms with Gasteiger partial charge >= 0.3 is 0 Å². The van der Waals surface area contributed by atoms with E-state index in [0.717, 1.165) is 4.47 Å². The molecule has 2 heterocycles. The van der Waals surface area contributed by atoms with E-state index in [0.29, 0.717) is 22.5 Å². The van der Waals surface area contributed by atoms with Crippen molar-refractivity contribution >= 4 is 33.2 Å². The van der Waals surface area contributed by atoms with Gasteiger partial charge in [-0.05, 0) is 30.3 Å². The van der Waals surface area contributed by atoms with Gasteiger partial charge in [-0.1, -0.05) is 15.9 Å². The minimum Gasteiger partial charge on any atom is -0.321 e. The van der Waals surface area contributed by atoms with Gasteiger partial charge in [0.2, 0.25) is 0 Å². The first-order valence-electron chi connectivity index (χ1n) is 5.88. The summed E-state index contributed by atoms with van der Waals surface area (Å²) >= 11 is 3.37. The fourth-order valence-electron chi connectivity index (χ4n) is 2.00. The molecule has 3 rings (SSSR count). The lowest BCUT2D eigenvalue weighted by molar-refractivity contribution is -0.120. The molecule has 1 atom stereocenters. The monoisotopic (exact) mass is 333 g/mol. The third-order valence-electron chi connectivity index (χ3n) is 2.91. The van der Waals surface area contributed by atoms with E-state index >= 15 is 0 Å². The molecule has 1 aromatic carbocycles. The van der Waals surface area contributed by atoms with E-state index in [4.69, 9.17) is 0 Å². The van der Waals surface area contributed by atoms with Crippen LogP contribution in [0.25, 0.3) is 0 Å². The number of aliphatic imine (C=N–C) groups is 1. The second kappa shape index (κ2) is 5.13. The molecule has 100 valence electrons. The fourth-order valence-corrected chi connectivity index (χ4v) is 2.36. The number of pyridine rings is 1. The number of benzodiazepines with no additional fused rings is 1. The summed E-state index contributed by atoms with van der Waals surface area (Å²) in [6, 6.07) is 8.75. The van der Waals surface area contributed by atoms with Crippen LogP contribution in [0.5, 0.6) is 0 Å². The molecule has 1 aliphatic rings. The molecule has 1 N–H and O–H groups in total. The van der Waals surface area contributed by atoms with Crippen LogP contribution in [0.3, 0.4) is 0 Å². The molecular weight excluding hydrogens is 325 g/mol. The first kappa shape index (κ1) is 12.9. The van der Waals surface area contributed by atoms with E-state index in [1.54, 1.807) is 42.7 Å². The third kappa shape index (κ3) is 2.34. The molecule has 1 aromatic heterocycles. The Balaban J connectivity index is 2.23. The highest BCUT2D eigenvalue weighted by Gasteiger charge is 2.25. The van der Waals surface area contributed by atoms with Crippen molar-refractivity contribution in [2.75, 3.05) is 5.32 Å². The van der Waals surface area contributed by atoms with Gasteiger partial charge in [-0.2, -0.15) is 0 Å². The first-order chi connectivity index (χ1) is 9.65. The number of benzene rings is 1. The van der Waals surface area contributed by atoms with Crippen molar-refractivity contribution in [2.45, 2.75) is 6.30 Å². The molecule has 0 saturated heterocycles. The van der Waals surface area contributed by atoms with Crippen LogP contribution >= 0.6 is 15.9 Å². The van der Waals surface area contributed by atoms with Crippen molar-refractivity contribution in [1.29, 1.82) is 0 Å². The Morgan fingerprint density at radius 3 is 2.70 bits per heavy atom. The molecule has 0 saturated carbocycles. The van der Waals surface area contributed by atoms with Crippen molar-refractivity contribution in [3.8, 4) is 0 Å². The molecule has 0 fully saturated rings. The zero-order valence-corrected chi connectivity index (χ0v) is 11.8. The van der Waals surface area contributed by atoms with Crippen LogP contribution in [0.2, 0.25) is 0 Å². The number of aromatic nitrogens is 1. The minimum atomic E-state index is -1.93. The summed E-state index contributed by atoms with van der Waals surface area (Å²) in [5, 5.41) is 2.53. The molecule has 0 radical (unpaired) electrons. The van der Waals surface area contributed by atoms with Crippen LogP contribution in [0.1, 0.15) is 11.1 Å². The SMILES string of the molecule is O=C1Nc2ccc(Br)cc2C(c2ccncc2)=NC1F. The number of fused-ring (bicyclic) bond motifs is 1. The van der Waals surface area contributed by atoms with Gasteiger partial charge in [0.25, 0.3) is 12.2 Å². The molecule has 1 unspecified atom stereocenters. The number of carbonyl (C=O) groups excluding carboxylic acids is 1. The summed E-state index contributed by atoms with van der Waals surface area (Å²) in [6.07, 6.45) is 1.27. The number of anilines is 1. The quantitative estimate of drug-likeness (QED) is 0.816. The predicted molar refractivity (Wildman–Crippen MR) is 77.5 cm³/mol. The van der Waals surface area contributed by atoms with Gasteiger partial charge in [-0.3, -0.25) is 9.78 Å². The highest BCUT2D eigenvalue weighted by atomic mass is 79.9. The number of hydrogen-bond donors (Lipinski definition) is 1. The summed E-state index contributed by atoms with van der Waals surface area (Å²) in [5.74, 6) is -0.766. The van der Waals surface area contributed by atoms with Gasteiger partial charge in [-0.25, -0.2) is 9.38 Å². The second-order valence-electron chi connectivity index (χ2n) is 4.23.